The first-order chi connectivity index (χ1) is 11.7. The first-order valence-electron chi connectivity index (χ1n) is 8.91. The maximum Gasteiger partial charge on any atom is 0.337 e. The quantitative estimate of drug-likeness (QED) is 0.845. The molecule has 122 valence electrons. The van der Waals surface area contributed by atoms with E-state index < -0.39 is 5.97 Å². The Morgan fingerprint density at radius 2 is 1.79 bits per heavy atom. The van der Waals surface area contributed by atoms with Crippen molar-refractivity contribution in [3.05, 3.63) is 65.2 Å². The Kier molecular flexibility index (Phi) is 2.99. The fraction of sp³-hybridized carbons (Fsp3) is 0.381. The number of nitrogens with one attached hydrogen (secondary N) is 1. The molecule has 2 aromatic carbocycles. The van der Waals surface area contributed by atoms with Gasteiger partial charge in [0, 0.05) is 0 Å². The SMILES string of the molecule is O=C(O)c1cccc2c1N[C@@H](c1ccccc1)[C@H]1[C@@H]3CC[C@@H](C3)[C@H]21. The minimum Gasteiger partial charge on any atom is -0.478 e. The second-order valence-electron chi connectivity index (χ2n) is 7.54. The maximum atomic E-state index is 11.7. The number of para-hydroxylation sites is 1. The van der Waals surface area contributed by atoms with Crippen LogP contribution in [0.3, 0.4) is 0 Å². The maximum absolute atomic E-state index is 11.7. The van der Waals surface area contributed by atoms with Crippen LogP contribution in [0.4, 0.5) is 5.69 Å². The van der Waals surface area contributed by atoms with E-state index in [1.807, 2.05) is 12.1 Å². The van der Waals surface area contributed by atoms with Crippen molar-refractivity contribution in [3.63, 3.8) is 0 Å². The predicted octanol–water partition coefficient (Wildman–Crippen LogP) is 4.68. The van der Waals surface area contributed by atoms with Gasteiger partial charge in [0.05, 0.1) is 17.3 Å². The van der Waals surface area contributed by atoms with Crippen LogP contribution < -0.4 is 5.32 Å². The lowest BCUT2D eigenvalue weighted by Gasteiger charge is -2.44. The zero-order valence-electron chi connectivity index (χ0n) is 13.5. The third kappa shape index (κ3) is 1.87. The van der Waals surface area contributed by atoms with Gasteiger partial charge in [0.2, 0.25) is 0 Å². The number of rotatable bonds is 2. The molecule has 3 aliphatic rings. The average Bonchev–Trinajstić information content (AvgIpc) is 3.23. The van der Waals surface area contributed by atoms with E-state index in [9.17, 15) is 9.90 Å². The van der Waals surface area contributed by atoms with Crippen molar-refractivity contribution in [2.75, 3.05) is 5.32 Å². The van der Waals surface area contributed by atoms with Gasteiger partial charge in [0.15, 0.2) is 0 Å². The van der Waals surface area contributed by atoms with Crippen molar-refractivity contribution in [1.29, 1.82) is 0 Å². The molecule has 3 nitrogen and oxygen atoms in total. The highest BCUT2D eigenvalue weighted by atomic mass is 16.4. The molecule has 5 atom stereocenters. The second-order valence-corrected chi connectivity index (χ2v) is 7.54. The molecule has 2 saturated carbocycles. The Bertz CT molecular complexity index is 801. The van der Waals surface area contributed by atoms with E-state index in [0.29, 0.717) is 17.4 Å². The van der Waals surface area contributed by atoms with Gasteiger partial charge >= 0.3 is 5.97 Å². The number of benzene rings is 2. The summed E-state index contributed by atoms with van der Waals surface area (Å²) < 4.78 is 0. The van der Waals surface area contributed by atoms with E-state index in [2.05, 4.69) is 35.6 Å². The highest BCUT2D eigenvalue weighted by Gasteiger charge is 2.54. The molecule has 2 aromatic rings. The number of aromatic carboxylic acids is 1. The van der Waals surface area contributed by atoms with E-state index in [0.717, 1.165) is 17.5 Å². The smallest absolute Gasteiger partial charge is 0.337 e. The first kappa shape index (κ1) is 14.1. The first-order valence-corrected chi connectivity index (χ1v) is 8.91. The number of anilines is 1. The van der Waals surface area contributed by atoms with Crippen molar-refractivity contribution in [3.8, 4) is 0 Å². The van der Waals surface area contributed by atoms with Gasteiger partial charge in [-0.05, 0) is 60.1 Å². The Morgan fingerprint density at radius 1 is 1.00 bits per heavy atom. The van der Waals surface area contributed by atoms with Gasteiger partial charge in [-0.15, -0.1) is 0 Å². The summed E-state index contributed by atoms with van der Waals surface area (Å²) in [5, 5.41) is 13.3. The van der Waals surface area contributed by atoms with E-state index in [4.69, 9.17) is 0 Å². The Balaban J connectivity index is 1.69. The standard InChI is InChI=1S/C21H21NO2/c23-21(24)16-8-4-7-15-17-13-9-10-14(11-13)18(17)19(22-20(15)16)12-5-2-1-3-6-12/h1-8,13-14,17-19,22H,9-11H2,(H,23,24)/t13-,14+,17+,18-,19-/m0/s1. The zero-order chi connectivity index (χ0) is 16.3. The number of carboxylic acid groups (broad SMARTS) is 1. The molecule has 2 N–H and O–H groups in total. The molecule has 0 spiro atoms. The molecule has 2 fully saturated rings. The molecule has 1 heterocycles. The Hall–Kier alpha value is -2.29. The monoisotopic (exact) mass is 319 g/mol. The summed E-state index contributed by atoms with van der Waals surface area (Å²) in [4.78, 5) is 11.7. The van der Waals surface area contributed by atoms with Crippen LogP contribution in [-0.2, 0) is 0 Å². The summed E-state index contributed by atoms with van der Waals surface area (Å²) in [6, 6.07) is 16.6. The lowest BCUT2D eigenvalue weighted by atomic mass is 9.67. The van der Waals surface area contributed by atoms with Crippen LogP contribution in [0.25, 0.3) is 0 Å². The molecule has 0 aromatic heterocycles. The predicted molar refractivity (Wildman–Crippen MR) is 93.3 cm³/mol. The van der Waals surface area contributed by atoms with Crippen molar-refractivity contribution >= 4 is 11.7 Å². The molecule has 5 rings (SSSR count). The minimum absolute atomic E-state index is 0.222. The summed E-state index contributed by atoms with van der Waals surface area (Å²) in [7, 11) is 0. The summed E-state index contributed by atoms with van der Waals surface area (Å²) in [5.74, 6) is 1.73. The Morgan fingerprint density at radius 3 is 2.58 bits per heavy atom. The lowest BCUT2D eigenvalue weighted by Crippen LogP contribution is -2.36. The molecule has 2 bridgehead atoms. The topological polar surface area (TPSA) is 49.3 Å². The van der Waals surface area contributed by atoms with Crippen molar-refractivity contribution in [2.45, 2.75) is 31.2 Å². The molecule has 0 unspecified atom stereocenters. The van der Waals surface area contributed by atoms with Crippen LogP contribution >= 0.6 is 0 Å². The molecule has 2 aliphatic carbocycles. The van der Waals surface area contributed by atoms with Gasteiger partial charge in [0.25, 0.3) is 0 Å². The van der Waals surface area contributed by atoms with Gasteiger partial charge in [-0.1, -0.05) is 42.5 Å². The van der Waals surface area contributed by atoms with E-state index in [1.165, 1.54) is 30.4 Å². The fourth-order valence-electron chi connectivity index (χ4n) is 5.68. The lowest BCUT2D eigenvalue weighted by molar-refractivity contribution is 0.0697. The molecule has 3 heteroatoms. The molecule has 1 aliphatic heterocycles. The number of hydrogen-bond donors (Lipinski definition) is 2. The van der Waals surface area contributed by atoms with Crippen LogP contribution in [0.5, 0.6) is 0 Å². The summed E-state index contributed by atoms with van der Waals surface area (Å²) in [6.07, 6.45) is 3.92. The second kappa shape index (κ2) is 5.10. The molecular weight excluding hydrogens is 298 g/mol. The van der Waals surface area contributed by atoms with Crippen LogP contribution in [0.1, 0.15) is 52.7 Å². The van der Waals surface area contributed by atoms with Gasteiger partial charge in [-0.25, -0.2) is 4.79 Å². The van der Waals surface area contributed by atoms with Gasteiger partial charge < -0.3 is 10.4 Å². The van der Waals surface area contributed by atoms with Crippen LogP contribution in [-0.4, -0.2) is 11.1 Å². The summed E-state index contributed by atoms with van der Waals surface area (Å²) in [6.45, 7) is 0. The van der Waals surface area contributed by atoms with E-state index in [1.54, 1.807) is 6.07 Å². The third-order valence-corrected chi connectivity index (χ3v) is 6.51. The highest BCUT2D eigenvalue weighted by molar-refractivity contribution is 5.95. The average molecular weight is 319 g/mol. The van der Waals surface area contributed by atoms with Crippen molar-refractivity contribution in [2.24, 2.45) is 17.8 Å². The van der Waals surface area contributed by atoms with Gasteiger partial charge in [0.1, 0.15) is 0 Å². The normalized spacial score (nSPS) is 32.8. The number of carboxylic acids is 1. The third-order valence-electron chi connectivity index (χ3n) is 6.51. The molecule has 0 radical (unpaired) electrons. The summed E-state index contributed by atoms with van der Waals surface area (Å²) >= 11 is 0. The van der Waals surface area contributed by atoms with Crippen LogP contribution in [0.15, 0.2) is 48.5 Å². The molecular formula is C21H21NO2. The zero-order valence-corrected chi connectivity index (χ0v) is 13.5. The van der Waals surface area contributed by atoms with E-state index in [-0.39, 0.29) is 6.04 Å². The molecule has 0 amide bonds. The molecule has 0 saturated heterocycles. The molecule has 24 heavy (non-hydrogen) atoms. The number of fused-ring (bicyclic) bond motifs is 7. The highest BCUT2D eigenvalue weighted by Crippen LogP contribution is 2.63. The van der Waals surface area contributed by atoms with Crippen molar-refractivity contribution in [1.82, 2.24) is 0 Å². The Labute approximate surface area is 141 Å². The number of carbonyl (C=O) groups is 1. The van der Waals surface area contributed by atoms with Crippen LogP contribution in [0, 0.1) is 17.8 Å². The van der Waals surface area contributed by atoms with E-state index >= 15 is 0 Å². The summed E-state index contributed by atoms with van der Waals surface area (Å²) in [5.41, 5.74) is 3.78. The van der Waals surface area contributed by atoms with Crippen LogP contribution in [0.2, 0.25) is 0 Å². The largest absolute Gasteiger partial charge is 0.478 e. The van der Waals surface area contributed by atoms with Gasteiger partial charge in [-0.2, -0.15) is 0 Å². The van der Waals surface area contributed by atoms with Crippen molar-refractivity contribution < 1.29 is 9.90 Å². The number of hydrogen-bond acceptors (Lipinski definition) is 2. The van der Waals surface area contributed by atoms with Gasteiger partial charge in [-0.3, -0.25) is 0 Å². The fourth-order valence-corrected chi connectivity index (χ4v) is 5.68. The minimum atomic E-state index is -0.840.